The standard InChI is InChI=1S/C26H32N2O3S/c1-19(26(30)22-9-10-24-21(18-22)6-4-16-32-24)27-12-14-28(15-13-27)25(29)11-8-20-5-3-7-23(17-20)31-2/h3,5,7-11,17-19,26,30H,4,6,12-16H2,1-2H3/b11-8+. The first-order chi connectivity index (χ1) is 15.5. The van der Waals surface area contributed by atoms with Crippen molar-refractivity contribution in [1.29, 1.82) is 0 Å². The minimum atomic E-state index is -0.526. The molecule has 2 aromatic rings. The van der Waals surface area contributed by atoms with Crippen LogP contribution in [0.1, 0.15) is 36.1 Å². The van der Waals surface area contributed by atoms with Crippen LogP contribution in [0.4, 0.5) is 0 Å². The molecule has 1 amide bonds. The first-order valence-electron chi connectivity index (χ1n) is 11.3. The van der Waals surface area contributed by atoms with Crippen LogP contribution in [0, 0.1) is 0 Å². The van der Waals surface area contributed by atoms with Crippen molar-refractivity contribution in [3.8, 4) is 5.75 Å². The Labute approximate surface area is 195 Å². The molecule has 0 radical (unpaired) electrons. The van der Waals surface area contributed by atoms with Crippen LogP contribution in [0.5, 0.6) is 5.75 Å². The zero-order chi connectivity index (χ0) is 22.5. The number of carbonyl (C=O) groups is 1. The summed E-state index contributed by atoms with van der Waals surface area (Å²) in [6, 6.07) is 14.1. The van der Waals surface area contributed by atoms with Crippen molar-refractivity contribution < 1.29 is 14.6 Å². The fourth-order valence-electron chi connectivity index (χ4n) is 4.41. The van der Waals surface area contributed by atoms with Crippen molar-refractivity contribution in [2.45, 2.75) is 36.8 Å². The van der Waals surface area contributed by atoms with Gasteiger partial charge in [-0.2, -0.15) is 0 Å². The molecule has 0 saturated carbocycles. The molecule has 0 aromatic heterocycles. The Balaban J connectivity index is 1.31. The third-order valence-electron chi connectivity index (χ3n) is 6.45. The number of aliphatic hydroxyl groups excluding tert-OH is 1. The number of nitrogens with zero attached hydrogens (tertiary/aromatic N) is 2. The van der Waals surface area contributed by atoms with Gasteiger partial charge in [-0.05, 0) is 66.5 Å². The molecule has 1 saturated heterocycles. The van der Waals surface area contributed by atoms with Crippen molar-refractivity contribution in [1.82, 2.24) is 9.80 Å². The second-order valence-corrected chi connectivity index (χ2v) is 9.61. The van der Waals surface area contributed by atoms with Gasteiger partial charge in [0.25, 0.3) is 0 Å². The Morgan fingerprint density at radius 3 is 2.75 bits per heavy atom. The number of fused-ring (bicyclic) bond motifs is 1. The summed E-state index contributed by atoms with van der Waals surface area (Å²) in [5, 5.41) is 11.0. The van der Waals surface area contributed by atoms with Crippen LogP contribution in [0.2, 0.25) is 0 Å². The summed E-state index contributed by atoms with van der Waals surface area (Å²) in [7, 11) is 1.63. The van der Waals surface area contributed by atoms with Crippen LogP contribution in [-0.2, 0) is 11.2 Å². The van der Waals surface area contributed by atoms with Crippen LogP contribution < -0.4 is 4.74 Å². The highest BCUT2D eigenvalue weighted by Crippen LogP contribution is 2.33. The second kappa shape index (κ2) is 10.6. The van der Waals surface area contributed by atoms with E-state index >= 15 is 0 Å². The van der Waals surface area contributed by atoms with Gasteiger partial charge < -0.3 is 14.7 Å². The van der Waals surface area contributed by atoms with Crippen molar-refractivity contribution in [3.05, 3.63) is 65.2 Å². The number of hydrogen-bond donors (Lipinski definition) is 1. The molecule has 170 valence electrons. The number of amides is 1. The first kappa shape index (κ1) is 22.9. The molecule has 2 aromatic carbocycles. The summed E-state index contributed by atoms with van der Waals surface area (Å²) in [6.07, 6.45) is 5.24. The monoisotopic (exact) mass is 452 g/mol. The van der Waals surface area contributed by atoms with Gasteiger partial charge in [-0.25, -0.2) is 0 Å². The summed E-state index contributed by atoms with van der Waals surface area (Å²) >= 11 is 1.91. The van der Waals surface area contributed by atoms with Crippen molar-refractivity contribution >= 4 is 23.7 Å². The first-order valence-corrected chi connectivity index (χ1v) is 12.3. The number of rotatable bonds is 6. The third-order valence-corrected chi connectivity index (χ3v) is 7.65. The maximum atomic E-state index is 12.6. The molecule has 5 nitrogen and oxygen atoms in total. The van der Waals surface area contributed by atoms with E-state index in [9.17, 15) is 9.90 Å². The highest BCUT2D eigenvalue weighted by Gasteiger charge is 2.28. The van der Waals surface area contributed by atoms with E-state index in [2.05, 4.69) is 30.0 Å². The molecule has 4 rings (SSSR count). The zero-order valence-electron chi connectivity index (χ0n) is 18.9. The highest BCUT2D eigenvalue weighted by molar-refractivity contribution is 7.99. The van der Waals surface area contributed by atoms with Crippen LogP contribution >= 0.6 is 11.8 Å². The van der Waals surface area contributed by atoms with E-state index in [1.807, 2.05) is 47.0 Å². The van der Waals surface area contributed by atoms with Crippen LogP contribution in [0.3, 0.4) is 0 Å². The van der Waals surface area contributed by atoms with Gasteiger partial charge in [0.15, 0.2) is 0 Å². The van der Waals surface area contributed by atoms with Gasteiger partial charge in [-0.1, -0.05) is 24.3 Å². The molecule has 6 heteroatoms. The predicted octanol–water partition coefficient (Wildman–Crippen LogP) is 4.01. The smallest absolute Gasteiger partial charge is 0.246 e. The van der Waals surface area contributed by atoms with Crippen LogP contribution in [0.25, 0.3) is 6.08 Å². The third kappa shape index (κ3) is 5.37. The predicted molar refractivity (Wildman–Crippen MR) is 130 cm³/mol. The Morgan fingerprint density at radius 1 is 1.16 bits per heavy atom. The van der Waals surface area contributed by atoms with E-state index in [0.717, 1.165) is 36.4 Å². The quantitative estimate of drug-likeness (QED) is 0.671. The van der Waals surface area contributed by atoms with E-state index in [0.29, 0.717) is 13.1 Å². The Hall–Kier alpha value is -2.28. The molecule has 0 spiro atoms. The van der Waals surface area contributed by atoms with E-state index in [4.69, 9.17) is 4.74 Å². The number of ether oxygens (including phenoxy) is 1. The van der Waals surface area contributed by atoms with Gasteiger partial charge in [0.2, 0.25) is 5.91 Å². The van der Waals surface area contributed by atoms with Gasteiger partial charge in [0.05, 0.1) is 13.2 Å². The fraction of sp³-hybridized carbons (Fsp3) is 0.423. The number of aryl methyl sites for hydroxylation is 1. The molecule has 1 fully saturated rings. The normalized spacial score (nSPS) is 18.9. The number of thioether (sulfide) groups is 1. The molecule has 2 atom stereocenters. The summed E-state index contributed by atoms with van der Waals surface area (Å²) in [6.45, 7) is 4.94. The minimum absolute atomic E-state index is 0.00821. The van der Waals surface area contributed by atoms with Gasteiger partial charge in [-0.15, -0.1) is 11.8 Å². The highest BCUT2D eigenvalue weighted by atomic mass is 32.2. The van der Waals surface area contributed by atoms with E-state index in [-0.39, 0.29) is 11.9 Å². The summed E-state index contributed by atoms with van der Waals surface area (Å²) < 4.78 is 5.23. The lowest BCUT2D eigenvalue weighted by Gasteiger charge is -2.39. The lowest BCUT2D eigenvalue weighted by molar-refractivity contribution is -0.128. The number of methoxy groups -OCH3 is 1. The molecular weight excluding hydrogens is 420 g/mol. The Morgan fingerprint density at radius 2 is 1.97 bits per heavy atom. The van der Waals surface area contributed by atoms with Gasteiger partial charge >= 0.3 is 0 Å². The molecule has 0 bridgehead atoms. The van der Waals surface area contributed by atoms with Gasteiger partial charge in [-0.3, -0.25) is 9.69 Å². The molecule has 0 aliphatic carbocycles. The van der Waals surface area contributed by atoms with E-state index in [1.165, 1.54) is 22.6 Å². The topological polar surface area (TPSA) is 53.0 Å². The zero-order valence-corrected chi connectivity index (χ0v) is 19.7. The molecular formula is C26H32N2O3S. The summed E-state index contributed by atoms with van der Waals surface area (Å²) in [5.41, 5.74) is 3.30. The maximum Gasteiger partial charge on any atom is 0.246 e. The fourth-order valence-corrected chi connectivity index (χ4v) is 5.43. The number of benzene rings is 2. The lowest BCUT2D eigenvalue weighted by atomic mass is 9.98. The Kier molecular flexibility index (Phi) is 7.55. The lowest BCUT2D eigenvalue weighted by Crippen LogP contribution is -2.52. The Bertz CT molecular complexity index is 969. The second-order valence-electron chi connectivity index (χ2n) is 8.48. The van der Waals surface area contributed by atoms with E-state index in [1.54, 1.807) is 13.2 Å². The molecule has 2 unspecified atom stereocenters. The molecule has 32 heavy (non-hydrogen) atoms. The minimum Gasteiger partial charge on any atom is -0.497 e. The molecule has 2 aliphatic heterocycles. The SMILES string of the molecule is COc1cccc(/C=C/C(=O)N2CCN(C(C)C(O)c3ccc4c(c3)CCCS4)CC2)c1. The average Bonchev–Trinajstić information content (AvgIpc) is 2.86. The van der Waals surface area contributed by atoms with Crippen molar-refractivity contribution in [2.24, 2.45) is 0 Å². The number of hydrogen-bond acceptors (Lipinski definition) is 5. The number of carbonyl (C=O) groups excluding carboxylic acids is 1. The van der Waals surface area contributed by atoms with E-state index < -0.39 is 6.10 Å². The van der Waals surface area contributed by atoms with Crippen molar-refractivity contribution in [3.63, 3.8) is 0 Å². The maximum absolute atomic E-state index is 12.6. The number of aliphatic hydroxyl groups is 1. The summed E-state index contributed by atoms with van der Waals surface area (Å²) in [4.78, 5) is 18.2. The van der Waals surface area contributed by atoms with Crippen molar-refractivity contribution in [2.75, 3.05) is 39.0 Å². The van der Waals surface area contributed by atoms with Gasteiger partial charge in [0.1, 0.15) is 5.75 Å². The van der Waals surface area contributed by atoms with Gasteiger partial charge in [0, 0.05) is 43.2 Å². The molecule has 1 N–H and O–H groups in total. The molecule has 2 heterocycles. The average molecular weight is 453 g/mol. The molecule has 2 aliphatic rings. The van der Waals surface area contributed by atoms with Crippen LogP contribution in [-0.4, -0.2) is 65.9 Å². The largest absolute Gasteiger partial charge is 0.497 e. The summed E-state index contributed by atoms with van der Waals surface area (Å²) in [5.74, 6) is 1.98. The van der Waals surface area contributed by atoms with Crippen LogP contribution in [0.15, 0.2) is 53.4 Å². The number of piperazine rings is 1.